The first kappa shape index (κ1) is 11.7. The number of thioether (sulfide) groups is 1. The van der Waals surface area contributed by atoms with E-state index in [4.69, 9.17) is 0 Å². The Kier molecular flexibility index (Phi) is 3.66. The van der Waals surface area contributed by atoms with Crippen LogP contribution in [0.25, 0.3) is 0 Å². The standard InChI is InChI=1S/C11H12BrN3S/c1-8-11(12)10(15(2)14-8)7-16-9-3-5-13-6-4-9/h3-6H,7H2,1-2H3. The van der Waals surface area contributed by atoms with Crippen molar-refractivity contribution in [1.82, 2.24) is 14.8 Å². The maximum atomic E-state index is 4.37. The summed E-state index contributed by atoms with van der Waals surface area (Å²) in [6.45, 7) is 2.00. The maximum absolute atomic E-state index is 4.37. The Balaban J connectivity index is 2.11. The van der Waals surface area contributed by atoms with Gasteiger partial charge in [-0.05, 0) is 35.0 Å². The molecule has 0 aromatic carbocycles. The Morgan fingerprint density at radius 2 is 2.06 bits per heavy atom. The monoisotopic (exact) mass is 297 g/mol. The van der Waals surface area contributed by atoms with Gasteiger partial charge in [0.05, 0.1) is 15.9 Å². The predicted octanol–water partition coefficient (Wildman–Crippen LogP) is 3.18. The average Bonchev–Trinajstić information content (AvgIpc) is 2.53. The average molecular weight is 298 g/mol. The van der Waals surface area contributed by atoms with Crippen LogP contribution in [-0.2, 0) is 12.8 Å². The lowest BCUT2D eigenvalue weighted by atomic mass is 10.4. The molecule has 2 aromatic rings. The van der Waals surface area contributed by atoms with Crippen molar-refractivity contribution in [3.63, 3.8) is 0 Å². The summed E-state index contributed by atoms with van der Waals surface area (Å²) in [5, 5.41) is 4.37. The predicted molar refractivity (Wildman–Crippen MR) is 69.4 cm³/mol. The van der Waals surface area contributed by atoms with Crippen molar-refractivity contribution >= 4 is 27.7 Å². The minimum Gasteiger partial charge on any atom is -0.270 e. The minimum absolute atomic E-state index is 0.905. The summed E-state index contributed by atoms with van der Waals surface area (Å²) < 4.78 is 3.03. The Labute approximate surface area is 107 Å². The van der Waals surface area contributed by atoms with Crippen LogP contribution in [0.15, 0.2) is 33.9 Å². The number of aryl methyl sites for hydroxylation is 2. The van der Waals surface area contributed by atoms with E-state index in [-0.39, 0.29) is 0 Å². The molecule has 3 nitrogen and oxygen atoms in total. The lowest BCUT2D eigenvalue weighted by Crippen LogP contribution is -1.96. The van der Waals surface area contributed by atoms with Crippen LogP contribution in [-0.4, -0.2) is 14.8 Å². The second-order valence-electron chi connectivity index (χ2n) is 3.44. The highest BCUT2D eigenvalue weighted by Gasteiger charge is 2.10. The first-order chi connectivity index (χ1) is 7.68. The maximum Gasteiger partial charge on any atom is 0.0738 e. The molecule has 0 amide bonds. The lowest BCUT2D eigenvalue weighted by Gasteiger charge is -2.02. The smallest absolute Gasteiger partial charge is 0.0738 e. The molecule has 0 aliphatic rings. The number of hydrogen-bond donors (Lipinski definition) is 0. The molecule has 5 heteroatoms. The van der Waals surface area contributed by atoms with Gasteiger partial charge in [0.15, 0.2) is 0 Å². The van der Waals surface area contributed by atoms with E-state index < -0.39 is 0 Å². The summed E-state index contributed by atoms with van der Waals surface area (Å²) in [5.74, 6) is 0.905. The summed E-state index contributed by atoms with van der Waals surface area (Å²) in [6, 6.07) is 4.03. The van der Waals surface area contributed by atoms with Crippen LogP contribution >= 0.6 is 27.7 Å². The first-order valence-electron chi connectivity index (χ1n) is 4.89. The summed E-state index contributed by atoms with van der Waals surface area (Å²) in [5.41, 5.74) is 2.24. The van der Waals surface area contributed by atoms with Gasteiger partial charge >= 0.3 is 0 Å². The number of hydrogen-bond acceptors (Lipinski definition) is 3. The molecule has 2 rings (SSSR count). The highest BCUT2D eigenvalue weighted by molar-refractivity contribution is 9.10. The normalized spacial score (nSPS) is 10.7. The topological polar surface area (TPSA) is 30.7 Å². The zero-order valence-electron chi connectivity index (χ0n) is 9.14. The van der Waals surface area contributed by atoms with Crippen LogP contribution in [0, 0.1) is 6.92 Å². The second kappa shape index (κ2) is 5.01. The fourth-order valence-corrected chi connectivity index (χ4v) is 3.03. The van der Waals surface area contributed by atoms with Crippen molar-refractivity contribution in [3.05, 3.63) is 40.4 Å². The summed E-state index contributed by atoms with van der Waals surface area (Å²) >= 11 is 5.35. The zero-order chi connectivity index (χ0) is 11.5. The highest BCUT2D eigenvalue weighted by atomic mass is 79.9. The van der Waals surface area contributed by atoms with E-state index in [9.17, 15) is 0 Å². The van der Waals surface area contributed by atoms with Crippen molar-refractivity contribution in [2.75, 3.05) is 0 Å². The van der Waals surface area contributed by atoms with Gasteiger partial charge in [-0.3, -0.25) is 9.67 Å². The van der Waals surface area contributed by atoms with Crippen molar-refractivity contribution in [2.24, 2.45) is 7.05 Å². The van der Waals surface area contributed by atoms with E-state index in [1.54, 1.807) is 11.8 Å². The molecule has 0 unspecified atom stereocenters. The van der Waals surface area contributed by atoms with E-state index >= 15 is 0 Å². The van der Waals surface area contributed by atoms with Crippen LogP contribution in [0.4, 0.5) is 0 Å². The molecule has 16 heavy (non-hydrogen) atoms. The Morgan fingerprint density at radius 3 is 2.62 bits per heavy atom. The summed E-state index contributed by atoms with van der Waals surface area (Å²) in [6.07, 6.45) is 3.62. The molecule has 0 saturated heterocycles. The van der Waals surface area contributed by atoms with Crippen LogP contribution in [0.2, 0.25) is 0 Å². The summed E-state index contributed by atoms with van der Waals surface area (Å²) in [4.78, 5) is 5.22. The fourth-order valence-electron chi connectivity index (χ4n) is 1.42. The van der Waals surface area contributed by atoms with Gasteiger partial charge in [-0.25, -0.2) is 0 Å². The van der Waals surface area contributed by atoms with E-state index in [1.807, 2.05) is 43.2 Å². The number of aromatic nitrogens is 3. The molecule has 0 radical (unpaired) electrons. The molecule has 0 fully saturated rings. The van der Waals surface area contributed by atoms with Crippen LogP contribution in [0.3, 0.4) is 0 Å². The highest BCUT2D eigenvalue weighted by Crippen LogP contribution is 2.27. The van der Waals surface area contributed by atoms with E-state index in [1.165, 1.54) is 10.6 Å². The van der Waals surface area contributed by atoms with Crippen LogP contribution in [0.1, 0.15) is 11.4 Å². The van der Waals surface area contributed by atoms with Gasteiger partial charge in [0.25, 0.3) is 0 Å². The molecule has 0 aliphatic carbocycles. The third-order valence-electron chi connectivity index (χ3n) is 2.29. The van der Waals surface area contributed by atoms with Crippen molar-refractivity contribution in [3.8, 4) is 0 Å². The molecule has 2 heterocycles. The van der Waals surface area contributed by atoms with Gasteiger partial charge < -0.3 is 0 Å². The van der Waals surface area contributed by atoms with Crippen molar-refractivity contribution in [2.45, 2.75) is 17.6 Å². The van der Waals surface area contributed by atoms with Crippen LogP contribution in [0.5, 0.6) is 0 Å². The SMILES string of the molecule is Cc1nn(C)c(CSc2ccncc2)c1Br. The van der Waals surface area contributed by atoms with Gasteiger partial charge in [0.2, 0.25) is 0 Å². The van der Waals surface area contributed by atoms with E-state index in [0.29, 0.717) is 0 Å². The second-order valence-corrected chi connectivity index (χ2v) is 5.28. The third kappa shape index (κ3) is 2.47. The largest absolute Gasteiger partial charge is 0.270 e. The van der Waals surface area contributed by atoms with E-state index in [0.717, 1.165) is 15.9 Å². The van der Waals surface area contributed by atoms with Crippen LogP contribution < -0.4 is 0 Å². The molecular weight excluding hydrogens is 286 g/mol. The molecule has 0 aliphatic heterocycles. The zero-order valence-corrected chi connectivity index (χ0v) is 11.5. The van der Waals surface area contributed by atoms with Gasteiger partial charge in [-0.15, -0.1) is 11.8 Å². The quantitative estimate of drug-likeness (QED) is 0.815. The number of pyridine rings is 1. The van der Waals surface area contributed by atoms with Crippen molar-refractivity contribution < 1.29 is 0 Å². The molecule has 0 spiro atoms. The molecule has 0 atom stereocenters. The van der Waals surface area contributed by atoms with Crippen molar-refractivity contribution in [1.29, 1.82) is 0 Å². The Hall–Kier alpha value is -0.810. The number of nitrogens with zero attached hydrogens (tertiary/aromatic N) is 3. The van der Waals surface area contributed by atoms with Gasteiger partial charge in [-0.1, -0.05) is 0 Å². The molecule has 0 saturated carbocycles. The third-order valence-corrected chi connectivity index (χ3v) is 4.34. The number of rotatable bonds is 3. The minimum atomic E-state index is 0.905. The Bertz CT molecular complexity index is 481. The first-order valence-corrected chi connectivity index (χ1v) is 6.67. The summed E-state index contributed by atoms with van der Waals surface area (Å²) in [7, 11) is 1.97. The fraction of sp³-hybridized carbons (Fsp3) is 0.273. The van der Waals surface area contributed by atoms with E-state index in [2.05, 4.69) is 26.0 Å². The molecule has 0 bridgehead atoms. The molecule has 0 N–H and O–H groups in total. The van der Waals surface area contributed by atoms with Gasteiger partial charge in [-0.2, -0.15) is 5.10 Å². The molecule has 84 valence electrons. The Morgan fingerprint density at radius 1 is 1.38 bits per heavy atom. The number of halogens is 1. The lowest BCUT2D eigenvalue weighted by molar-refractivity contribution is 0.727. The molecule has 2 aromatic heterocycles. The molecular formula is C11H12BrN3S. The van der Waals surface area contributed by atoms with Gasteiger partial charge in [0, 0.05) is 30.1 Å². The van der Waals surface area contributed by atoms with Gasteiger partial charge in [0.1, 0.15) is 0 Å².